The van der Waals surface area contributed by atoms with Gasteiger partial charge in [0, 0.05) is 22.2 Å². The number of aliphatic hydroxyl groups is 1. The van der Waals surface area contributed by atoms with Crippen molar-refractivity contribution in [3.8, 4) is 0 Å². The molecule has 1 aliphatic carbocycles. The van der Waals surface area contributed by atoms with Gasteiger partial charge in [0.1, 0.15) is 0 Å². The van der Waals surface area contributed by atoms with Gasteiger partial charge in [-0.15, -0.1) is 11.8 Å². The van der Waals surface area contributed by atoms with Crippen molar-refractivity contribution in [2.75, 3.05) is 6.61 Å². The third-order valence-electron chi connectivity index (χ3n) is 2.65. The molecule has 0 aromatic heterocycles. The second kappa shape index (κ2) is 3.35. The van der Waals surface area contributed by atoms with Gasteiger partial charge in [-0.25, -0.2) is 0 Å². The Labute approximate surface area is 83.2 Å². The monoisotopic (exact) mass is 194 g/mol. The molecule has 1 saturated carbocycles. The molecule has 1 N–H and O–H groups in total. The average molecular weight is 194 g/mol. The molecular weight excluding hydrogens is 180 g/mol. The van der Waals surface area contributed by atoms with E-state index in [1.165, 1.54) is 4.90 Å². The van der Waals surface area contributed by atoms with Crippen LogP contribution in [-0.2, 0) is 0 Å². The zero-order valence-electron chi connectivity index (χ0n) is 7.73. The largest absolute Gasteiger partial charge is 0.396 e. The Bertz CT molecular complexity index is 285. The molecule has 0 amide bonds. The summed E-state index contributed by atoms with van der Waals surface area (Å²) in [5.41, 5.74) is 0.181. The van der Waals surface area contributed by atoms with Crippen molar-refractivity contribution in [2.24, 2.45) is 5.41 Å². The fourth-order valence-corrected chi connectivity index (χ4v) is 2.84. The zero-order chi connectivity index (χ0) is 9.31. The highest BCUT2D eigenvalue weighted by Gasteiger charge is 2.49. The lowest BCUT2D eigenvalue weighted by Gasteiger charge is -2.05. The van der Waals surface area contributed by atoms with Crippen molar-refractivity contribution in [3.63, 3.8) is 0 Å². The lowest BCUT2D eigenvalue weighted by atomic mass is 10.2. The maximum Gasteiger partial charge on any atom is 0.0495 e. The molecule has 0 spiro atoms. The van der Waals surface area contributed by atoms with E-state index in [2.05, 4.69) is 31.2 Å². The molecule has 1 aliphatic rings. The van der Waals surface area contributed by atoms with Gasteiger partial charge in [-0.3, -0.25) is 0 Å². The summed E-state index contributed by atoms with van der Waals surface area (Å²) in [5.74, 6) is 0. The van der Waals surface area contributed by atoms with Gasteiger partial charge in [-0.1, -0.05) is 25.1 Å². The van der Waals surface area contributed by atoms with E-state index in [0.29, 0.717) is 11.9 Å². The molecule has 2 heteroatoms. The minimum Gasteiger partial charge on any atom is -0.396 e. The standard InChI is InChI=1S/C11H14OS/c1-11(8-12)7-10(11)13-9-5-3-2-4-6-9/h2-6,10,12H,7-8H2,1H3/t10-,11+/m1/s1. The van der Waals surface area contributed by atoms with Crippen molar-refractivity contribution >= 4 is 11.8 Å². The number of benzene rings is 1. The Kier molecular flexibility index (Phi) is 2.35. The van der Waals surface area contributed by atoms with Crippen LogP contribution in [0.3, 0.4) is 0 Å². The van der Waals surface area contributed by atoms with Crippen LogP contribution in [0.5, 0.6) is 0 Å². The van der Waals surface area contributed by atoms with Gasteiger partial charge in [0.25, 0.3) is 0 Å². The van der Waals surface area contributed by atoms with Crippen LogP contribution < -0.4 is 0 Å². The van der Waals surface area contributed by atoms with Crippen LogP contribution in [0.2, 0.25) is 0 Å². The SMILES string of the molecule is C[C@@]1(CO)C[C@H]1Sc1ccccc1. The molecule has 0 saturated heterocycles. The number of hydrogen-bond donors (Lipinski definition) is 1. The van der Waals surface area contributed by atoms with E-state index in [4.69, 9.17) is 5.11 Å². The van der Waals surface area contributed by atoms with Crippen LogP contribution in [0.4, 0.5) is 0 Å². The Morgan fingerprint density at radius 3 is 2.69 bits per heavy atom. The average Bonchev–Trinajstić information content (AvgIpc) is 2.80. The summed E-state index contributed by atoms with van der Waals surface area (Å²) in [5, 5.41) is 9.71. The molecule has 1 aromatic rings. The maximum atomic E-state index is 9.10. The van der Waals surface area contributed by atoms with Gasteiger partial charge >= 0.3 is 0 Å². The van der Waals surface area contributed by atoms with Crippen LogP contribution in [0, 0.1) is 5.41 Å². The summed E-state index contributed by atoms with van der Waals surface area (Å²) in [6.45, 7) is 2.46. The summed E-state index contributed by atoms with van der Waals surface area (Å²) in [4.78, 5) is 1.31. The van der Waals surface area contributed by atoms with Crippen LogP contribution in [0.1, 0.15) is 13.3 Å². The number of aliphatic hydroxyl groups excluding tert-OH is 1. The predicted molar refractivity (Wildman–Crippen MR) is 55.9 cm³/mol. The van der Waals surface area contributed by atoms with E-state index < -0.39 is 0 Å². The summed E-state index contributed by atoms with van der Waals surface area (Å²) in [6, 6.07) is 10.4. The Morgan fingerprint density at radius 1 is 1.46 bits per heavy atom. The molecule has 0 aliphatic heterocycles. The lowest BCUT2D eigenvalue weighted by molar-refractivity contribution is 0.226. The summed E-state index contributed by atoms with van der Waals surface area (Å²) < 4.78 is 0. The van der Waals surface area contributed by atoms with Gasteiger partial charge in [-0.05, 0) is 18.6 Å². The topological polar surface area (TPSA) is 20.2 Å². The first kappa shape index (κ1) is 9.10. The third kappa shape index (κ3) is 1.89. The molecule has 1 aromatic carbocycles. The van der Waals surface area contributed by atoms with E-state index in [-0.39, 0.29) is 5.41 Å². The van der Waals surface area contributed by atoms with E-state index in [9.17, 15) is 0 Å². The summed E-state index contributed by atoms with van der Waals surface area (Å²) >= 11 is 1.88. The smallest absolute Gasteiger partial charge is 0.0495 e. The van der Waals surface area contributed by atoms with Crippen molar-refractivity contribution in [2.45, 2.75) is 23.5 Å². The first-order valence-electron chi connectivity index (χ1n) is 4.57. The van der Waals surface area contributed by atoms with Crippen LogP contribution in [-0.4, -0.2) is 17.0 Å². The molecule has 1 nitrogen and oxygen atoms in total. The summed E-state index contributed by atoms with van der Waals surface area (Å²) in [6.07, 6.45) is 1.14. The van der Waals surface area contributed by atoms with Gasteiger partial charge in [0.2, 0.25) is 0 Å². The third-order valence-corrected chi connectivity index (χ3v) is 4.22. The molecule has 2 atom stereocenters. The Morgan fingerprint density at radius 2 is 2.15 bits per heavy atom. The van der Waals surface area contributed by atoms with Crippen LogP contribution in [0.25, 0.3) is 0 Å². The van der Waals surface area contributed by atoms with Gasteiger partial charge in [0.15, 0.2) is 0 Å². The second-order valence-electron chi connectivity index (χ2n) is 3.94. The Hall–Kier alpha value is -0.470. The highest BCUT2D eigenvalue weighted by Crippen LogP contribution is 2.55. The number of thioether (sulfide) groups is 1. The molecule has 0 radical (unpaired) electrons. The van der Waals surface area contributed by atoms with E-state index in [0.717, 1.165) is 6.42 Å². The molecular formula is C11H14OS. The number of rotatable bonds is 3. The molecule has 2 rings (SSSR count). The van der Waals surface area contributed by atoms with Gasteiger partial charge < -0.3 is 5.11 Å². The lowest BCUT2D eigenvalue weighted by Crippen LogP contribution is -2.04. The molecule has 70 valence electrons. The maximum absolute atomic E-state index is 9.10. The molecule has 1 fully saturated rings. The zero-order valence-corrected chi connectivity index (χ0v) is 8.55. The van der Waals surface area contributed by atoms with E-state index >= 15 is 0 Å². The van der Waals surface area contributed by atoms with Crippen LogP contribution in [0.15, 0.2) is 35.2 Å². The van der Waals surface area contributed by atoms with Gasteiger partial charge in [-0.2, -0.15) is 0 Å². The van der Waals surface area contributed by atoms with Crippen molar-refractivity contribution in [1.82, 2.24) is 0 Å². The first-order valence-corrected chi connectivity index (χ1v) is 5.45. The molecule has 0 heterocycles. The normalized spacial score (nSPS) is 31.7. The van der Waals surface area contributed by atoms with Crippen molar-refractivity contribution in [1.29, 1.82) is 0 Å². The predicted octanol–water partition coefficient (Wildman–Crippen LogP) is 2.55. The fraction of sp³-hybridized carbons (Fsp3) is 0.455. The van der Waals surface area contributed by atoms with E-state index in [1.54, 1.807) is 0 Å². The quantitative estimate of drug-likeness (QED) is 0.798. The van der Waals surface area contributed by atoms with E-state index in [1.807, 2.05) is 17.8 Å². The highest BCUT2D eigenvalue weighted by atomic mass is 32.2. The number of hydrogen-bond acceptors (Lipinski definition) is 2. The fourth-order valence-electron chi connectivity index (χ4n) is 1.38. The first-order chi connectivity index (χ1) is 6.24. The van der Waals surface area contributed by atoms with Crippen molar-refractivity contribution < 1.29 is 5.11 Å². The molecule has 13 heavy (non-hydrogen) atoms. The van der Waals surface area contributed by atoms with Gasteiger partial charge in [0.05, 0.1) is 0 Å². The molecule has 0 bridgehead atoms. The minimum atomic E-state index is 0.181. The van der Waals surface area contributed by atoms with Crippen LogP contribution >= 0.6 is 11.8 Å². The second-order valence-corrected chi connectivity index (χ2v) is 5.21. The minimum absolute atomic E-state index is 0.181. The highest BCUT2D eigenvalue weighted by molar-refractivity contribution is 8.00. The summed E-state index contributed by atoms with van der Waals surface area (Å²) in [7, 11) is 0. The Balaban J connectivity index is 1.95. The molecule has 0 unspecified atom stereocenters. The van der Waals surface area contributed by atoms with Crippen molar-refractivity contribution in [3.05, 3.63) is 30.3 Å².